The van der Waals surface area contributed by atoms with Crippen molar-refractivity contribution in [3.63, 3.8) is 0 Å². The molecule has 0 radical (unpaired) electrons. The number of rotatable bonds is 4. The molecule has 1 unspecified atom stereocenters. The van der Waals surface area contributed by atoms with Crippen LogP contribution in [-0.2, 0) is 13.5 Å². The Bertz CT molecular complexity index is 769. The number of aryl methyl sites for hydroxylation is 1. The van der Waals surface area contributed by atoms with Gasteiger partial charge in [-0.1, -0.05) is 18.2 Å². The topological polar surface area (TPSA) is 68.5 Å². The van der Waals surface area contributed by atoms with Gasteiger partial charge in [0.05, 0.1) is 24.3 Å². The highest BCUT2D eigenvalue weighted by Crippen LogP contribution is 2.27. The molecule has 108 valence electrons. The molecule has 0 spiro atoms. The van der Waals surface area contributed by atoms with E-state index < -0.39 is 0 Å². The van der Waals surface area contributed by atoms with E-state index in [0.29, 0.717) is 12.2 Å². The minimum atomic E-state index is 0.0215. The van der Waals surface area contributed by atoms with E-state index in [1.54, 1.807) is 7.05 Å². The second-order valence-corrected chi connectivity index (χ2v) is 5.64. The fraction of sp³-hybridized carbons (Fsp3) is 0.286. The quantitative estimate of drug-likeness (QED) is 0.782. The largest absolute Gasteiger partial charge is 0.311 e. The molecule has 0 aliphatic carbocycles. The molecule has 3 rings (SSSR count). The lowest BCUT2D eigenvalue weighted by Crippen LogP contribution is -2.21. The Hall–Kier alpha value is -1.86. The van der Waals surface area contributed by atoms with Crippen molar-refractivity contribution in [2.24, 2.45) is 7.05 Å². The molecule has 3 aromatic rings. The molecule has 6 nitrogen and oxygen atoms in total. The molecule has 7 heteroatoms. The summed E-state index contributed by atoms with van der Waals surface area (Å²) in [5.74, 6) is 0.693. The first-order valence-corrected chi connectivity index (χ1v) is 7.42. The molecule has 0 saturated carbocycles. The fourth-order valence-corrected chi connectivity index (χ4v) is 2.88. The standard InChI is InChI=1S/C14H15BrN6/c1-16-12(8-13-18-20-21(2)19-13)14-10(15)7-9-5-3-4-6-11(9)17-14/h3-7,12,16H,8H2,1-2H3. The predicted molar refractivity (Wildman–Crippen MR) is 83.7 cm³/mol. The third-order valence-electron chi connectivity index (χ3n) is 3.32. The molecule has 0 saturated heterocycles. The van der Waals surface area contributed by atoms with E-state index in [1.807, 2.05) is 25.2 Å². The summed E-state index contributed by atoms with van der Waals surface area (Å²) in [6, 6.07) is 10.2. The van der Waals surface area contributed by atoms with E-state index >= 15 is 0 Å². The molecule has 0 fully saturated rings. The number of para-hydroxylation sites is 1. The van der Waals surface area contributed by atoms with Gasteiger partial charge in [-0.2, -0.15) is 4.80 Å². The monoisotopic (exact) mass is 346 g/mol. The van der Waals surface area contributed by atoms with Gasteiger partial charge in [-0.05, 0) is 40.3 Å². The lowest BCUT2D eigenvalue weighted by Gasteiger charge is -2.16. The lowest BCUT2D eigenvalue weighted by molar-refractivity contribution is 0.556. The molecule has 2 aromatic heterocycles. The lowest BCUT2D eigenvalue weighted by atomic mass is 10.1. The molecule has 0 amide bonds. The number of halogens is 1. The average molecular weight is 347 g/mol. The SMILES string of the molecule is CNC(Cc1nnn(C)n1)c1nc2ccccc2cc1Br. The highest BCUT2D eigenvalue weighted by molar-refractivity contribution is 9.10. The first-order chi connectivity index (χ1) is 10.2. The Balaban J connectivity index is 1.97. The minimum absolute atomic E-state index is 0.0215. The van der Waals surface area contributed by atoms with Crippen molar-refractivity contribution in [3.8, 4) is 0 Å². The van der Waals surface area contributed by atoms with Crippen LogP contribution in [0.3, 0.4) is 0 Å². The van der Waals surface area contributed by atoms with Gasteiger partial charge in [0.1, 0.15) is 0 Å². The van der Waals surface area contributed by atoms with Gasteiger partial charge in [0, 0.05) is 16.3 Å². The molecule has 1 atom stereocenters. The first kappa shape index (κ1) is 14.1. The van der Waals surface area contributed by atoms with E-state index in [2.05, 4.69) is 48.8 Å². The first-order valence-electron chi connectivity index (χ1n) is 6.62. The van der Waals surface area contributed by atoms with Crippen LogP contribution >= 0.6 is 15.9 Å². The van der Waals surface area contributed by atoms with Gasteiger partial charge in [-0.15, -0.1) is 10.2 Å². The maximum atomic E-state index is 4.76. The molecular weight excluding hydrogens is 332 g/mol. The summed E-state index contributed by atoms with van der Waals surface area (Å²) in [4.78, 5) is 6.22. The van der Waals surface area contributed by atoms with Gasteiger partial charge >= 0.3 is 0 Å². The summed E-state index contributed by atoms with van der Waals surface area (Å²) in [5, 5.41) is 16.5. The summed E-state index contributed by atoms with van der Waals surface area (Å²) in [7, 11) is 3.67. The smallest absolute Gasteiger partial charge is 0.176 e. The maximum absolute atomic E-state index is 4.76. The zero-order valence-corrected chi connectivity index (χ0v) is 13.4. The van der Waals surface area contributed by atoms with Crippen molar-refractivity contribution in [2.45, 2.75) is 12.5 Å². The van der Waals surface area contributed by atoms with Gasteiger partial charge in [-0.25, -0.2) is 4.98 Å². The number of aromatic nitrogens is 5. The van der Waals surface area contributed by atoms with Crippen molar-refractivity contribution in [3.05, 3.63) is 46.3 Å². The number of nitrogens with zero attached hydrogens (tertiary/aromatic N) is 5. The van der Waals surface area contributed by atoms with Crippen molar-refractivity contribution in [2.75, 3.05) is 7.05 Å². The molecule has 0 bridgehead atoms. The highest BCUT2D eigenvalue weighted by Gasteiger charge is 2.18. The average Bonchev–Trinajstić information content (AvgIpc) is 2.89. The minimum Gasteiger partial charge on any atom is -0.311 e. The third-order valence-corrected chi connectivity index (χ3v) is 3.95. The van der Waals surface area contributed by atoms with Crippen LogP contribution in [0.25, 0.3) is 10.9 Å². The highest BCUT2D eigenvalue weighted by atomic mass is 79.9. The number of benzene rings is 1. The number of hydrogen-bond acceptors (Lipinski definition) is 5. The number of likely N-dealkylation sites (N-methyl/N-ethyl adjacent to an activating group) is 1. The number of tetrazole rings is 1. The summed E-state index contributed by atoms with van der Waals surface area (Å²) in [6.07, 6.45) is 0.633. The van der Waals surface area contributed by atoms with Crippen molar-refractivity contribution in [1.82, 2.24) is 30.5 Å². The Labute approximate surface area is 130 Å². The van der Waals surface area contributed by atoms with Crippen LogP contribution < -0.4 is 5.32 Å². The number of hydrogen-bond donors (Lipinski definition) is 1. The van der Waals surface area contributed by atoms with E-state index in [4.69, 9.17) is 4.98 Å². The Morgan fingerprint density at radius 1 is 1.33 bits per heavy atom. The molecule has 1 N–H and O–H groups in total. The van der Waals surface area contributed by atoms with Crippen molar-refractivity contribution < 1.29 is 0 Å². The van der Waals surface area contributed by atoms with Crippen LogP contribution in [0, 0.1) is 0 Å². The second kappa shape index (κ2) is 5.87. The zero-order chi connectivity index (χ0) is 14.8. The van der Waals surface area contributed by atoms with Crippen LogP contribution in [-0.4, -0.2) is 32.2 Å². The molecular formula is C14H15BrN6. The third kappa shape index (κ3) is 2.93. The number of fused-ring (bicyclic) bond motifs is 1. The Morgan fingerprint density at radius 3 is 2.86 bits per heavy atom. The second-order valence-electron chi connectivity index (χ2n) is 4.79. The van der Waals surface area contributed by atoms with Gasteiger partial charge < -0.3 is 5.32 Å². The van der Waals surface area contributed by atoms with Gasteiger partial charge in [0.25, 0.3) is 0 Å². The van der Waals surface area contributed by atoms with Gasteiger partial charge in [-0.3, -0.25) is 0 Å². The number of nitrogens with one attached hydrogen (secondary N) is 1. The van der Waals surface area contributed by atoms with E-state index in [-0.39, 0.29) is 6.04 Å². The van der Waals surface area contributed by atoms with Crippen LogP contribution in [0.1, 0.15) is 17.6 Å². The van der Waals surface area contributed by atoms with Crippen molar-refractivity contribution >= 4 is 26.8 Å². The molecule has 0 aliphatic heterocycles. The summed E-state index contributed by atoms with van der Waals surface area (Å²) < 4.78 is 0.976. The predicted octanol–water partition coefficient (Wildman–Crippen LogP) is 2.02. The van der Waals surface area contributed by atoms with E-state index in [0.717, 1.165) is 21.1 Å². The molecule has 1 aromatic carbocycles. The van der Waals surface area contributed by atoms with Crippen LogP contribution in [0.5, 0.6) is 0 Å². The molecule has 0 aliphatic rings. The van der Waals surface area contributed by atoms with Gasteiger partial charge in [0.2, 0.25) is 0 Å². The molecule has 2 heterocycles. The zero-order valence-electron chi connectivity index (χ0n) is 11.8. The summed E-state index contributed by atoms with van der Waals surface area (Å²) in [5.41, 5.74) is 1.92. The normalized spacial score (nSPS) is 12.7. The van der Waals surface area contributed by atoms with Crippen LogP contribution in [0.4, 0.5) is 0 Å². The van der Waals surface area contributed by atoms with Crippen molar-refractivity contribution in [1.29, 1.82) is 0 Å². The maximum Gasteiger partial charge on any atom is 0.176 e. The van der Waals surface area contributed by atoms with E-state index in [9.17, 15) is 0 Å². The number of pyridine rings is 1. The van der Waals surface area contributed by atoms with Crippen LogP contribution in [0.15, 0.2) is 34.8 Å². The van der Waals surface area contributed by atoms with Crippen LogP contribution in [0.2, 0.25) is 0 Å². The summed E-state index contributed by atoms with van der Waals surface area (Å²) in [6.45, 7) is 0. The van der Waals surface area contributed by atoms with Gasteiger partial charge in [0.15, 0.2) is 5.82 Å². The summed E-state index contributed by atoms with van der Waals surface area (Å²) >= 11 is 3.61. The van der Waals surface area contributed by atoms with E-state index in [1.165, 1.54) is 4.80 Å². The fourth-order valence-electron chi connectivity index (χ4n) is 2.27. The Kier molecular flexibility index (Phi) is 3.94. The molecule has 21 heavy (non-hydrogen) atoms. The Morgan fingerprint density at radius 2 is 2.14 bits per heavy atom.